The molecule has 1 aromatic heterocycles. The molecule has 0 unspecified atom stereocenters. The van der Waals surface area contributed by atoms with E-state index in [1.807, 2.05) is 60.7 Å². The van der Waals surface area contributed by atoms with E-state index in [-0.39, 0.29) is 5.78 Å². The Bertz CT molecular complexity index is 1050. The van der Waals surface area contributed by atoms with Gasteiger partial charge in [-0.05, 0) is 55.5 Å². The number of carbonyl (C=O) groups is 1. The number of para-hydroxylation sites is 2. The first kappa shape index (κ1) is 17.7. The Morgan fingerprint density at radius 2 is 1.29 bits per heavy atom. The zero-order chi connectivity index (χ0) is 19.5. The minimum atomic E-state index is -0.0940. The van der Waals surface area contributed by atoms with Gasteiger partial charge in [0.1, 0.15) is 11.5 Å². The lowest BCUT2D eigenvalue weighted by Crippen LogP contribution is -2.09. The van der Waals surface area contributed by atoms with Gasteiger partial charge in [-0.15, -0.1) is 0 Å². The second-order valence-corrected chi connectivity index (χ2v) is 6.53. The standard InChI is InChI=1S/C24H20N2O2/c1-17(27)23-18(2)28-24(25-23)19-13-15-22(16-14-19)26(20-9-5-3-6-10-20)21-11-7-4-8-12-21/h3-16H,1-2H3. The maximum absolute atomic E-state index is 11.6. The molecule has 0 saturated carbocycles. The zero-order valence-corrected chi connectivity index (χ0v) is 15.8. The first-order valence-electron chi connectivity index (χ1n) is 9.12. The predicted molar refractivity (Wildman–Crippen MR) is 111 cm³/mol. The number of carbonyl (C=O) groups excluding carboxylic acids is 1. The Kier molecular flexibility index (Phi) is 4.77. The van der Waals surface area contributed by atoms with Gasteiger partial charge in [0.15, 0.2) is 5.78 Å². The molecule has 1 heterocycles. The van der Waals surface area contributed by atoms with E-state index >= 15 is 0 Å². The van der Waals surface area contributed by atoms with Gasteiger partial charge in [-0.1, -0.05) is 36.4 Å². The Morgan fingerprint density at radius 3 is 1.75 bits per heavy atom. The van der Waals surface area contributed by atoms with E-state index in [1.54, 1.807) is 6.92 Å². The van der Waals surface area contributed by atoms with Gasteiger partial charge in [-0.25, -0.2) is 4.98 Å². The first-order chi connectivity index (χ1) is 13.6. The zero-order valence-electron chi connectivity index (χ0n) is 15.8. The second kappa shape index (κ2) is 7.53. The third kappa shape index (κ3) is 3.45. The van der Waals surface area contributed by atoms with E-state index < -0.39 is 0 Å². The third-order valence-electron chi connectivity index (χ3n) is 4.53. The number of hydrogen-bond acceptors (Lipinski definition) is 4. The third-order valence-corrected chi connectivity index (χ3v) is 4.53. The highest BCUT2D eigenvalue weighted by Gasteiger charge is 2.16. The summed E-state index contributed by atoms with van der Waals surface area (Å²) in [5, 5.41) is 0. The van der Waals surface area contributed by atoms with E-state index in [0.29, 0.717) is 17.3 Å². The SMILES string of the molecule is CC(=O)c1nc(-c2ccc(N(c3ccccc3)c3ccccc3)cc2)oc1C. The molecule has 0 bridgehead atoms. The van der Waals surface area contributed by atoms with Crippen LogP contribution >= 0.6 is 0 Å². The predicted octanol–water partition coefficient (Wildman–Crippen LogP) is 6.32. The molecule has 0 saturated heterocycles. The van der Waals surface area contributed by atoms with Crippen LogP contribution in [0.2, 0.25) is 0 Å². The Morgan fingerprint density at radius 1 is 0.786 bits per heavy atom. The summed E-state index contributed by atoms with van der Waals surface area (Å²) in [5.41, 5.74) is 4.39. The maximum Gasteiger partial charge on any atom is 0.226 e. The average molecular weight is 368 g/mol. The van der Waals surface area contributed by atoms with Gasteiger partial charge in [0.05, 0.1) is 0 Å². The van der Waals surface area contributed by atoms with Gasteiger partial charge in [-0.3, -0.25) is 4.79 Å². The quantitative estimate of drug-likeness (QED) is 0.387. The van der Waals surface area contributed by atoms with Crippen LogP contribution in [0.25, 0.3) is 11.5 Å². The molecule has 4 aromatic rings. The normalized spacial score (nSPS) is 10.6. The fraction of sp³-hybridized carbons (Fsp3) is 0.0833. The van der Waals surface area contributed by atoms with Gasteiger partial charge in [0.25, 0.3) is 0 Å². The van der Waals surface area contributed by atoms with Crippen molar-refractivity contribution in [2.45, 2.75) is 13.8 Å². The number of rotatable bonds is 5. The summed E-state index contributed by atoms with van der Waals surface area (Å²) in [7, 11) is 0. The van der Waals surface area contributed by atoms with Crippen molar-refractivity contribution in [3.63, 3.8) is 0 Å². The van der Waals surface area contributed by atoms with Crippen LogP contribution in [0.1, 0.15) is 23.2 Å². The fourth-order valence-corrected chi connectivity index (χ4v) is 3.20. The topological polar surface area (TPSA) is 46.3 Å². The molecule has 0 aliphatic rings. The van der Waals surface area contributed by atoms with Crippen molar-refractivity contribution in [1.82, 2.24) is 4.98 Å². The molecule has 0 radical (unpaired) electrons. The Labute approximate surface area is 164 Å². The molecule has 4 heteroatoms. The minimum Gasteiger partial charge on any atom is -0.441 e. The number of oxazole rings is 1. The van der Waals surface area contributed by atoms with Crippen molar-refractivity contribution in [2.75, 3.05) is 4.90 Å². The van der Waals surface area contributed by atoms with Crippen molar-refractivity contribution in [3.8, 4) is 11.5 Å². The van der Waals surface area contributed by atoms with Gasteiger partial charge in [-0.2, -0.15) is 0 Å². The van der Waals surface area contributed by atoms with E-state index in [1.165, 1.54) is 6.92 Å². The van der Waals surface area contributed by atoms with E-state index in [9.17, 15) is 4.79 Å². The van der Waals surface area contributed by atoms with Crippen LogP contribution in [0.3, 0.4) is 0 Å². The maximum atomic E-state index is 11.6. The highest BCUT2D eigenvalue weighted by Crippen LogP contribution is 2.35. The molecule has 0 atom stereocenters. The molecule has 0 N–H and O–H groups in total. The number of ketones is 1. The summed E-state index contributed by atoms with van der Waals surface area (Å²) in [5.74, 6) is 0.908. The lowest BCUT2D eigenvalue weighted by molar-refractivity contribution is 0.101. The van der Waals surface area contributed by atoms with E-state index in [2.05, 4.69) is 34.1 Å². The van der Waals surface area contributed by atoms with Crippen molar-refractivity contribution in [2.24, 2.45) is 0 Å². The number of hydrogen-bond donors (Lipinski definition) is 0. The smallest absolute Gasteiger partial charge is 0.226 e. The van der Waals surface area contributed by atoms with Crippen molar-refractivity contribution in [1.29, 1.82) is 0 Å². The van der Waals surface area contributed by atoms with Gasteiger partial charge >= 0.3 is 0 Å². The largest absolute Gasteiger partial charge is 0.441 e. The van der Waals surface area contributed by atoms with Crippen LogP contribution in [0.4, 0.5) is 17.1 Å². The van der Waals surface area contributed by atoms with Gasteiger partial charge < -0.3 is 9.32 Å². The molecule has 138 valence electrons. The van der Waals surface area contributed by atoms with Crippen molar-refractivity contribution in [3.05, 3.63) is 96.4 Å². The minimum absolute atomic E-state index is 0.0940. The molecule has 28 heavy (non-hydrogen) atoms. The molecule has 3 aromatic carbocycles. The highest BCUT2D eigenvalue weighted by molar-refractivity contribution is 5.93. The lowest BCUT2D eigenvalue weighted by atomic mass is 10.1. The van der Waals surface area contributed by atoms with Crippen LogP contribution in [-0.2, 0) is 0 Å². The summed E-state index contributed by atoms with van der Waals surface area (Å²) < 4.78 is 5.69. The molecule has 4 rings (SSSR count). The van der Waals surface area contributed by atoms with Crippen LogP contribution < -0.4 is 4.90 Å². The van der Waals surface area contributed by atoms with Crippen molar-refractivity contribution < 1.29 is 9.21 Å². The summed E-state index contributed by atoms with van der Waals surface area (Å²) >= 11 is 0. The first-order valence-corrected chi connectivity index (χ1v) is 9.12. The van der Waals surface area contributed by atoms with Crippen LogP contribution in [-0.4, -0.2) is 10.8 Å². The number of nitrogens with zero attached hydrogens (tertiary/aromatic N) is 2. The average Bonchev–Trinajstić information content (AvgIpc) is 3.12. The number of benzene rings is 3. The van der Waals surface area contributed by atoms with E-state index in [0.717, 1.165) is 22.6 Å². The van der Waals surface area contributed by atoms with Gasteiger partial charge in [0.2, 0.25) is 5.89 Å². The molecule has 0 fully saturated rings. The molecular weight excluding hydrogens is 348 g/mol. The lowest BCUT2D eigenvalue weighted by Gasteiger charge is -2.25. The Balaban J connectivity index is 1.73. The molecule has 4 nitrogen and oxygen atoms in total. The number of aryl methyl sites for hydroxylation is 1. The highest BCUT2D eigenvalue weighted by atomic mass is 16.4. The van der Waals surface area contributed by atoms with Crippen molar-refractivity contribution >= 4 is 22.8 Å². The van der Waals surface area contributed by atoms with E-state index in [4.69, 9.17) is 4.42 Å². The van der Waals surface area contributed by atoms with Gasteiger partial charge in [0, 0.05) is 29.5 Å². The summed E-state index contributed by atoms with van der Waals surface area (Å²) in [4.78, 5) is 18.2. The van der Waals surface area contributed by atoms with Crippen LogP contribution in [0, 0.1) is 6.92 Å². The number of aromatic nitrogens is 1. The summed E-state index contributed by atoms with van der Waals surface area (Å²) in [6, 6.07) is 28.4. The molecular formula is C24H20N2O2. The molecule has 0 spiro atoms. The number of anilines is 3. The number of Topliss-reactive ketones (excluding diaryl/α,β-unsaturated/α-hetero) is 1. The molecule has 0 aliphatic heterocycles. The summed E-state index contributed by atoms with van der Waals surface area (Å²) in [6.07, 6.45) is 0. The van der Waals surface area contributed by atoms with Crippen LogP contribution in [0.15, 0.2) is 89.3 Å². The monoisotopic (exact) mass is 368 g/mol. The molecule has 0 aliphatic carbocycles. The molecule has 0 amide bonds. The fourth-order valence-electron chi connectivity index (χ4n) is 3.20. The Hall–Kier alpha value is -3.66. The summed E-state index contributed by atoms with van der Waals surface area (Å²) in [6.45, 7) is 3.25. The van der Waals surface area contributed by atoms with Crippen LogP contribution in [0.5, 0.6) is 0 Å². The second-order valence-electron chi connectivity index (χ2n) is 6.53.